The van der Waals surface area contributed by atoms with Crippen molar-refractivity contribution in [2.45, 2.75) is 6.42 Å². The topological polar surface area (TPSA) is 37.3 Å². The molecule has 0 fully saturated rings. The quantitative estimate of drug-likeness (QED) is 0.902. The summed E-state index contributed by atoms with van der Waals surface area (Å²) in [5.41, 5.74) is 0.595. The molecule has 1 rings (SSSR count). The number of hydrogen-bond acceptors (Lipinski definition) is 1. The van der Waals surface area contributed by atoms with Gasteiger partial charge in [0.2, 0.25) is 0 Å². The minimum absolute atomic E-state index is 0.0767. The van der Waals surface area contributed by atoms with Gasteiger partial charge in [-0.2, -0.15) is 0 Å². The molecule has 0 saturated carbocycles. The molecular weight excluding hydrogens is 323 g/mol. The van der Waals surface area contributed by atoms with Crippen LogP contribution in [-0.4, -0.2) is 11.1 Å². The second-order valence-electron chi connectivity index (χ2n) is 2.42. The van der Waals surface area contributed by atoms with E-state index in [-0.39, 0.29) is 6.42 Å². The molecule has 70 valence electrons. The third kappa shape index (κ3) is 2.97. The van der Waals surface area contributed by atoms with Crippen molar-refractivity contribution in [3.63, 3.8) is 0 Å². The summed E-state index contributed by atoms with van der Waals surface area (Å²) in [6, 6.07) is 3.44. The number of halogens is 3. The highest BCUT2D eigenvalue weighted by atomic mass is 79.9. The molecule has 0 radical (unpaired) electrons. The van der Waals surface area contributed by atoms with E-state index in [1.165, 1.54) is 0 Å². The molecule has 0 bridgehead atoms. The summed E-state index contributed by atoms with van der Waals surface area (Å²) in [5, 5.41) is 9.04. The second-order valence-corrected chi connectivity index (χ2v) is 4.60. The van der Waals surface area contributed by atoms with Crippen LogP contribution in [0.5, 0.6) is 0 Å². The number of carboxylic acid groups (broad SMARTS) is 1. The van der Waals surface area contributed by atoms with Gasteiger partial charge in [0.15, 0.2) is 0 Å². The number of aliphatic carboxylic acids is 1. The van der Waals surface area contributed by atoms with Crippen molar-refractivity contribution in [3.8, 4) is 0 Å². The highest BCUT2D eigenvalue weighted by molar-refractivity contribution is 9.11. The van der Waals surface area contributed by atoms with Gasteiger partial charge in [0.25, 0.3) is 0 Å². The zero-order valence-electron chi connectivity index (χ0n) is 6.35. The molecule has 0 aliphatic carbocycles. The molecule has 0 atom stereocenters. The van der Waals surface area contributed by atoms with Crippen molar-refractivity contribution >= 4 is 49.4 Å². The Morgan fingerprint density at radius 1 is 1.46 bits per heavy atom. The summed E-state index contributed by atoms with van der Waals surface area (Å²) in [4.78, 5) is 10.5. The predicted molar refractivity (Wildman–Crippen MR) is 58.2 cm³/mol. The monoisotopic (exact) mass is 326 g/mol. The summed E-state index contributed by atoms with van der Waals surface area (Å²) in [6.45, 7) is 0. The summed E-state index contributed by atoms with van der Waals surface area (Å²) in [6.07, 6.45) is -0.0767. The Balaban J connectivity index is 3.13. The Morgan fingerprint density at radius 2 is 2.08 bits per heavy atom. The first-order chi connectivity index (χ1) is 6.00. The average Bonchev–Trinajstić information content (AvgIpc) is 1.96. The molecule has 5 heteroatoms. The van der Waals surface area contributed by atoms with Gasteiger partial charge in [-0.05, 0) is 17.7 Å². The van der Waals surface area contributed by atoms with Crippen LogP contribution in [0.4, 0.5) is 0 Å². The minimum Gasteiger partial charge on any atom is -0.481 e. The van der Waals surface area contributed by atoms with E-state index in [2.05, 4.69) is 31.9 Å². The van der Waals surface area contributed by atoms with Gasteiger partial charge < -0.3 is 5.11 Å². The van der Waals surface area contributed by atoms with E-state index < -0.39 is 5.97 Å². The highest BCUT2D eigenvalue weighted by Crippen LogP contribution is 2.29. The predicted octanol–water partition coefficient (Wildman–Crippen LogP) is 3.49. The van der Waals surface area contributed by atoms with Gasteiger partial charge in [-0.3, -0.25) is 4.79 Å². The summed E-state index contributed by atoms with van der Waals surface area (Å²) >= 11 is 12.4. The summed E-state index contributed by atoms with van der Waals surface area (Å²) in [7, 11) is 0. The maximum Gasteiger partial charge on any atom is 0.307 e. The summed E-state index contributed by atoms with van der Waals surface area (Å²) < 4.78 is 1.52. The molecular formula is C8H5Br2ClO2. The van der Waals surface area contributed by atoms with Gasteiger partial charge in [0, 0.05) is 14.0 Å². The van der Waals surface area contributed by atoms with E-state index >= 15 is 0 Å². The van der Waals surface area contributed by atoms with Crippen molar-refractivity contribution < 1.29 is 9.90 Å². The highest BCUT2D eigenvalue weighted by Gasteiger charge is 2.10. The van der Waals surface area contributed by atoms with Gasteiger partial charge >= 0.3 is 5.97 Å². The van der Waals surface area contributed by atoms with Crippen LogP contribution in [0.15, 0.2) is 21.1 Å². The zero-order valence-corrected chi connectivity index (χ0v) is 10.3. The van der Waals surface area contributed by atoms with Gasteiger partial charge in [0.05, 0.1) is 6.42 Å². The number of hydrogen-bond donors (Lipinski definition) is 1. The van der Waals surface area contributed by atoms with Crippen LogP contribution in [0.3, 0.4) is 0 Å². The number of carbonyl (C=O) groups is 1. The lowest BCUT2D eigenvalue weighted by Gasteiger charge is -2.04. The Hall–Kier alpha value is -0.0600. The van der Waals surface area contributed by atoms with E-state index in [9.17, 15) is 4.79 Å². The fraction of sp³-hybridized carbons (Fsp3) is 0.125. The Kier molecular flexibility index (Phi) is 3.76. The van der Waals surface area contributed by atoms with E-state index in [4.69, 9.17) is 16.7 Å². The van der Waals surface area contributed by atoms with Crippen LogP contribution >= 0.6 is 43.5 Å². The zero-order chi connectivity index (χ0) is 10.0. The third-order valence-electron chi connectivity index (χ3n) is 1.43. The fourth-order valence-corrected chi connectivity index (χ4v) is 2.79. The average molecular weight is 328 g/mol. The molecule has 0 spiro atoms. The van der Waals surface area contributed by atoms with Crippen LogP contribution in [0.2, 0.25) is 5.02 Å². The molecule has 0 saturated heterocycles. The second kappa shape index (κ2) is 4.44. The molecule has 0 aromatic heterocycles. The molecule has 0 aliphatic heterocycles. The SMILES string of the molecule is O=C(O)Cc1c(Cl)cc(Br)cc1Br. The minimum atomic E-state index is -0.898. The smallest absolute Gasteiger partial charge is 0.307 e. The Bertz CT molecular complexity index is 329. The maximum atomic E-state index is 10.5. The van der Waals surface area contributed by atoms with E-state index in [1.807, 2.05) is 0 Å². The van der Waals surface area contributed by atoms with Crippen molar-refractivity contribution in [2.24, 2.45) is 0 Å². The lowest BCUT2D eigenvalue weighted by Crippen LogP contribution is -2.01. The van der Waals surface area contributed by atoms with Crippen molar-refractivity contribution in [1.29, 1.82) is 0 Å². The first kappa shape index (κ1) is 11.0. The van der Waals surface area contributed by atoms with Gasteiger partial charge in [-0.25, -0.2) is 0 Å². The van der Waals surface area contributed by atoms with Crippen molar-refractivity contribution in [1.82, 2.24) is 0 Å². The van der Waals surface area contributed by atoms with Gasteiger partial charge in [-0.15, -0.1) is 0 Å². The molecule has 2 nitrogen and oxygen atoms in total. The molecule has 0 heterocycles. The normalized spacial score (nSPS) is 10.1. The van der Waals surface area contributed by atoms with E-state index in [0.717, 1.165) is 4.47 Å². The third-order valence-corrected chi connectivity index (χ3v) is 2.94. The van der Waals surface area contributed by atoms with Crippen LogP contribution < -0.4 is 0 Å². The lowest BCUT2D eigenvalue weighted by molar-refractivity contribution is -0.136. The molecule has 1 aromatic carbocycles. The summed E-state index contributed by atoms with van der Waals surface area (Å²) in [5.74, 6) is -0.898. The molecule has 0 aliphatic rings. The number of benzene rings is 1. The van der Waals surface area contributed by atoms with Crippen LogP contribution in [0.25, 0.3) is 0 Å². The van der Waals surface area contributed by atoms with Gasteiger partial charge in [0.1, 0.15) is 0 Å². The van der Waals surface area contributed by atoms with Crippen molar-refractivity contribution in [3.05, 3.63) is 31.7 Å². The molecule has 13 heavy (non-hydrogen) atoms. The van der Waals surface area contributed by atoms with Crippen LogP contribution in [0, 0.1) is 0 Å². The first-order valence-electron chi connectivity index (χ1n) is 3.36. The largest absolute Gasteiger partial charge is 0.481 e. The van der Waals surface area contributed by atoms with E-state index in [0.29, 0.717) is 15.1 Å². The van der Waals surface area contributed by atoms with E-state index in [1.54, 1.807) is 12.1 Å². The molecule has 0 amide bonds. The first-order valence-corrected chi connectivity index (χ1v) is 5.32. The Morgan fingerprint density at radius 3 is 2.54 bits per heavy atom. The molecule has 0 unspecified atom stereocenters. The Labute approximate surface area is 97.2 Å². The van der Waals surface area contributed by atoms with Crippen LogP contribution in [-0.2, 0) is 11.2 Å². The molecule has 1 N–H and O–H groups in total. The number of carboxylic acids is 1. The van der Waals surface area contributed by atoms with Crippen LogP contribution in [0.1, 0.15) is 5.56 Å². The standard InChI is InChI=1S/C8H5Br2ClO2/c9-4-1-6(10)5(3-8(12)13)7(11)2-4/h1-2H,3H2,(H,12,13). The fourth-order valence-electron chi connectivity index (χ4n) is 0.892. The van der Waals surface area contributed by atoms with Gasteiger partial charge in [-0.1, -0.05) is 43.5 Å². The van der Waals surface area contributed by atoms with Crippen molar-refractivity contribution in [2.75, 3.05) is 0 Å². The lowest BCUT2D eigenvalue weighted by atomic mass is 10.1. The molecule has 1 aromatic rings. The number of rotatable bonds is 2. The maximum absolute atomic E-state index is 10.5.